The fourth-order valence-corrected chi connectivity index (χ4v) is 0.451. The van der Waals surface area contributed by atoms with Gasteiger partial charge < -0.3 is 10.8 Å². The van der Waals surface area contributed by atoms with Crippen molar-refractivity contribution in [2.75, 3.05) is 6.54 Å². The molecule has 8 heavy (non-hydrogen) atoms. The second-order valence-corrected chi connectivity index (χ2v) is 1.68. The van der Waals surface area contributed by atoms with Crippen molar-refractivity contribution >= 4 is 12.4 Å². The number of rotatable bonds is 3. The van der Waals surface area contributed by atoms with E-state index in [0.29, 0.717) is 6.54 Å². The summed E-state index contributed by atoms with van der Waals surface area (Å²) in [6.45, 7) is 2.42. The minimum atomic E-state index is -0.273. The molecule has 0 amide bonds. The smallest absolute Gasteiger partial charge is 0.0662 e. The van der Waals surface area contributed by atoms with E-state index in [-0.39, 0.29) is 18.5 Å². The third kappa shape index (κ3) is 6.21. The maximum atomic E-state index is 8.73. The molecular weight excluding hydrogens is 126 g/mol. The van der Waals surface area contributed by atoms with Gasteiger partial charge in [-0.1, -0.05) is 13.3 Å². The number of hydrogen-bond acceptors (Lipinski definition) is 2. The van der Waals surface area contributed by atoms with Gasteiger partial charge in [-0.15, -0.1) is 12.4 Å². The van der Waals surface area contributed by atoms with E-state index in [0.717, 1.165) is 12.8 Å². The second kappa shape index (κ2) is 7.21. The zero-order chi connectivity index (χ0) is 5.70. The number of aliphatic hydroxyl groups is 1. The molecule has 0 rings (SSSR count). The summed E-state index contributed by atoms with van der Waals surface area (Å²) in [7, 11) is 0. The number of halogens is 1. The summed E-state index contributed by atoms with van der Waals surface area (Å²) in [6.07, 6.45) is 1.57. The van der Waals surface area contributed by atoms with E-state index in [1.54, 1.807) is 0 Å². The van der Waals surface area contributed by atoms with E-state index >= 15 is 0 Å². The van der Waals surface area contributed by atoms with Crippen LogP contribution < -0.4 is 5.73 Å². The Hall–Kier alpha value is 0.210. The molecule has 0 bridgehead atoms. The van der Waals surface area contributed by atoms with Crippen LogP contribution in [0.25, 0.3) is 0 Å². The standard InChI is InChI=1S/C5H13NO.ClH/c1-2-3-5(7)4-6;/h5,7H,2-4,6H2,1H3;1H. The molecule has 0 aliphatic rings. The average molecular weight is 140 g/mol. The van der Waals surface area contributed by atoms with Crippen molar-refractivity contribution in [2.24, 2.45) is 5.73 Å². The lowest BCUT2D eigenvalue weighted by Crippen LogP contribution is -2.18. The number of hydrogen-bond donors (Lipinski definition) is 2. The van der Waals surface area contributed by atoms with E-state index in [9.17, 15) is 0 Å². The van der Waals surface area contributed by atoms with Gasteiger partial charge in [0, 0.05) is 6.54 Å². The maximum Gasteiger partial charge on any atom is 0.0662 e. The molecule has 2 nitrogen and oxygen atoms in total. The van der Waals surface area contributed by atoms with Crippen LogP contribution in [0.3, 0.4) is 0 Å². The predicted molar refractivity (Wildman–Crippen MR) is 37.2 cm³/mol. The van der Waals surface area contributed by atoms with Crippen LogP contribution >= 0.6 is 12.4 Å². The molecule has 3 N–H and O–H groups in total. The highest BCUT2D eigenvalue weighted by atomic mass is 35.5. The number of nitrogens with two attached hydrogens (primary N) is 1. The van der Waals surface area contributed by atoms with Crippen molar-refractivity contribution in [3.8, 4) is 0 Å². The van der Waals surface area contributed by atoms with E-state index < -0.39 is 0 Å². The molecule has 0 aromatic heterocycles. The summed E-state index contributed by atoms with van der Waals surface area (Å²) >= 11 is 0. The van der Waals surface area contributed by atoms with Gasteiger partial charge in [-0.05, 0) is 6.42 Å². The van der Waals surface area contributed by atoms with Gasteiger partial charge in [0.05, 0.1) is 6.10 Å². The van der Waals surface area contributed by atoms with Crippen molar-refractivity contribution < 1.29 is 5.11 Å². The van der Waals surface area contributed by atoms with Crippen molar-refractivity contribution in [3.63, 3.8) is 0 Å². The molecule has 0 radical (unpaired) electrons. The average Bonchev–Trinajstić information content (AvgIpc) is 1.68. The second-order valence-electron chi connectivity index (χ2n) is 1.68. The fourth-order valence-electron chi connectivity index (χ4n) is 0.451. The van der Waals surface area contributed by atoms with Crippen LogP contribution in [0.5, 0.6) is 0 Å². The van der Waals surface area contributed by atoms with Gasteiger partial charge in [-0.3, -0.25) is 0 Å². The van der Waals surface area contributed by atoms with Gasteiger partial charge in [0.2, 0.25) is 0 Å². The Labute approximate surface area is 56.5 Å². The monoisotopic (exact) mass is 139 g/mol. The van der Waals surface area contributed by atoms with E-state index in [2.05, 4.69) is 0 Å². The highest BCUT2D eigenvalue weighted by Crippen LogP contribution is 1.91. The summed E-state index contributed by atoms with van der Waals surface area (Å²) in [5, 5.41) is 8.73. The maximum absolute atomic E-state index is 8.73. The first-order valence-corrected chi connectivity index (χ1v) is 2.69. The largest absolute Gasteiger partial charge is 0.392 e. The lowest BCUT2D eigenvalue weighted by atomic mass is 10.2. The SMILES string of the molecule is CCCC(O)CN.Cl. The van der Waals surface area contributed by atoms with Crippen LogP contribution in [0.2, 0.25) is 0 Å². The number of aliphatic hydroxyl groups excluding tert-OH is 1. The Morgan fingerprint density at radius 3 is 2.25 bits per heavy atom. The van der Waals surface area contributed by atoms with Crippen molar-refractivity contribution in [1.82, 2.24) is 0 Å². The molecule has 0 spiro atoms. The molecule has 0 saturated heterocycles. The zero-order valence-electron chi connectivity index (χ0n) is 5.13. The van der Waals surface area contributed by atoms with Gasteiger partial charge >= 0.3 is 0 Å². The Bertz CT molecular complexity index is 43.4. The molecule has 0 fully saturated rings. The van der Waals surface area contributed by atoms with E-state index in [1.165, 1.54) is 0 Å². The summed E-state index contributed by atoms with van der Waals surface area (Å²) in [6, 6.07) is 0. The lowest BCUT2D eigenvalue weighted by molar-refractivity contribution is 0.172. The van der Waals surface area contributed by atoms with Gasteiger partial charge in [-0.25, -0.2) is 0 Å². The first kappa shape index (κ1) is 11.1. The van der Waals surface area contributed by atoms with E-state index in [4.69, 9.17) is 10.8 Å². The minimum Gasteiger partial charge on any atom is -0.392 e. The summed E-state index contributed by atoms with van der Waals surface area (Å²) < 4.78 is 0. The van der Waals surface area contributed by atoms with Crippen LogP contribution in [0, 0.1) is 0 Å². The molecule has 0 aliphatic heterocycles. The highest BCUT2D eigenvalue weighted by Gasteiger charge is 1.94. The van der Waals surface area contributed by atoms with Crippen LogP contribution in [-0.2, 0) is 0 Å². The molecular formula is C5H14ClNO. The summed E-state index contributed by atoms with van der Waals surface area (Å²) in [5.41, 5.74) is 5.11. The summed E-state index contributed by atoms with van der Waals surface area (Å²) in [5.74, 6) is 0. The van der Waals surface area contributed by atoms with Gasteiger partial charge in [-0.2, -0.15) is 0 Å². The van der Waals surface area contributed by atoms with Crippen LogP contribution in [-0.4, -0.2) is 17.8 Å². The summed E-state index contributed by atoms with van der Waals surface area (Å²) in [4.78, 5) is 0. The molecule has 0 heterocycles. The third-order valence-corrected chi connectivity index (χ3v) is 0.894. The molecule has 1 unspecified atom stereocenters. The van der Waals surface area contributed by atoms with Crippen LogP contribution in [0.1, 0.15) is 19.8 Å². The Morgan fingerprint density at radius 1 is 1.62 bits per heavy atom. The van der Waals surface area contributed by atoms with Crippen molar-refractivity contribution in [1.29, 1.82) is 0 Å². The minimum absolute atomic E-state index is 0. The van der Waals surface area contributed by atoms with Gasteiger partial charge in [0.1, 0.15) is 0 Å². The van der Waals surface area contributed by atoms with Gasteiger partial charge in [0.25, 0.3) is 0 Å². The van der Waals surface area contributed by atoms with Crippen molar-refractivity contribution in [3.05, 3.63) is 0 Å². The molecule has 3 heteroatoms. The van der Waals surface area contributed by atoms with Crippen molar-refractivity contribution in [2.45, 2.75) is 25.9 Å². The van der Waals surface area contributed by atoms with Gasteiger partial charge in [0.15, 0.2) is 0 Å². The first-order valence-electron chi connectivity index (χ1n) is 2.69. The van der Waals surface area contributed by atoms with Crippen LogP contribution in [0.15, 0.2) is 0 Å². The predicted octanol–water partition coefficient (Wildman–Crippen LogP) is 0.528. The Morgan fingerprint density at radius 2 is 2.12 bits per heavy atom. The zero-order valence-corrected chi connectivity index (χ0v) is 5.95. The van der Waals surface area contributed by atoms with E-state index in [1.807, 2.05) is 6.92 Å². The van der Waals surface area contributed by atoms with Crippen LogP contribution in [0.4, 0.5) is 0 Å². The first-order chi connectivity index (χ1) is 3.31. The molecule has 1 atom stereocenters. The normalized spacial score (nSPS) is 12.4. The quantitative estimate of drug-likeness (QED) is 0.599. The highest BCUT2D eigenvalue weighted by molar-refractivity contribution is 5.85. The third-order valence-electron chi connectivity index (χ3n) is 0.894. The Kier molecular flexibility index (Phi) is 9.97. The molecule has 0 saturated carbocycles. The topological polar surface area (TPSA) is 46.2 Å². The fraction of sp³-hybridized carbons (Fsp3) is 1.00. The molecule has 0 aromatic carbocycles. The molecule has 0 aromatic rings. The molecule has 52 valence electrons. The lowest BCUT2D eigenvalue weighted by Gasteiger charge is -2.01. The molecule has 0 aliphatic carbocycles. The Balaban J connectivity index is 0.